The Morgan fingerprint density at radius 3 is 2.58 bits per heavy atom. The van der Waals surface area contributed by atoms with E-state index >= 15 is 0 Å². The molecule has 1 aliphatic heterocycles. The van der Waals surface area contributed by atoms with Crippen molar-refractivity contribution in [1.82, 2.24) is 9.88 Å². The summed E-state index contributed by atoms with van der Waals surface area (Å²) in [5.41, 5.74) is 7.06. The number of carbonyl (C=O) groups excluding carboxylic acids is 1. The molecule has 1 saturated heterocycles. The van der Waals surface area contributed by atoms with Crippen molar-refractivity contribution in [3.63, 3.8) is 0 Å². The maximum absolute atomic E-state index is 12.1. The van der Waals surface area contributed by atoms with Crippen LogP contribution >= 0.6 is 0 Å². The summed E-state index contributed by atoms with van der Waals surface area (Å²) in [6, 6.07) is 4.04. The van der Waals surface area contributed by atoms with Gasteiger partial charge in [-0.25, -0.2) is 4.98 Å². The van der Waals surface area contributed by atoms with E-state index in [2.05, 4.69) is 34.2 Å². The van der Waals surface area contributed by atoms with Gasteiger partial charge >= 0.3 is 0 Å². The van der Waals surface area contributed by atoms with Crippen LogP contribution in [0, 0.1) is 5.92 Å². The summed E-state index contributed by atoms with van der Waals surface area (Å²) in [7, 11) is 4.28. The Balaban J connectivity index is 1.90. The number of rotatable bonds is 6. The molecule has 0 radical (unpaired) electrons. The number of nitrogens with zero attached hydrogens (tertiary/aromatic N) is 3. The van der Waals surface area contributed by atoms with Gasteiger partial charge in [-0.1, -0.05) is 20.3 Å². The molecule has 1 fully saturated rings. The minimum Gasteiger partial charge on any atom is -0.370 e. The van der Waals surface area contributed by atoms with Crippen LogP contribution in [-0.4, -0.2) is 55.1 Å². The van der Waals surface area contributed by atoms with Gasteiger partial charge in [0.2, 0.25) is 5.91 Å². The predicted molar refractivity (Wildman–Crippen MR) is 99.2 cm³/mol. The zero-order valence-corrected chi connectivity index (χ0v) is 15.3. The summed E-state index contributed by atoms with van der Waals surface area (Å²) in [5.74, 6) is 0.546. The summed E-state index contributed by atoms with van der Waals surface area (Å²) < 4.78 is 0. The van der Waals surface area contributed by atoms with Crippen LogP contribution < -0.4 is 16.0 Å². The fourth-order valence-corrected chi connectivity index (χ4v) is 3.01. The second kappa shape index (κ2) is 8.44. The number of hydrogen-bond donors (Lipinski definition) is 2. The lowest BCUT2D eigenvalue weighted by Gasteiger charge is -2.36. The van der Waals surface area contributed by atoms with Gasteiger partial charge in [-0.2, -0.15) is 0 Å². The van der Waals surface area contributed by atoms with E-state index in [9.17, 15) is 4.79 Å². The summed E-state index contributed by atoms with van der Waals surface area (Å²) >= 11 is 0. The number of pyridine rings is 1. The first-order valence-corrected chi connectivity index (χ1v) is 8.86. The van der Waals surface area contributed by atoms with Crippen molar-refractivity contribution in [2.45, 2.75) is 45.2 Å². The molecule has 1 amide bonds. The molecule has 6 heteroatoms. The Kier molecular flexibility index (Phi) is 6.57. The van der Waals surface area contributed by atoms with Crippen LogP contribution in [0.3, 0.4) is 0 Å². The molecule has 0 aromatic carbocycles. The monoisotopic (exact) mass is 333 g/mol. The van der Waals surface area contributed by atoms with Gasteiger partial charge in [0, 0.05) is 19.1 Å². The summed E-state index contributed by atoms with van der Waals surface area (Å²) in [6.07, 6.45) is 5.04. The summed E-state index contributed by atoms with van der Waals surface area (Å²) in [4.78, 5) is 21.1. The topological polar surface area (TPSA) is 74.5 Å². The first-order valence-electron chi connectivity index (χ1n) is 8.86. The number of carbonyl (C=O) groups is 1. The maximum atomic E-state index is 12.1. The molecule has 2 rings (SSSR count). The fraction of sp³-hybridized carbons (Fsp3) is 0.667. The second-order valence-corrected chi connectivity index (χ2v) is 6.98. The highest BCUT2D eigenvalue weighted by Crippen LogP contribution is 2.22. The largest absolute Gasteiger partial charge is 0.370 e. The molecule has 2 atom stereocenters. The SMILES string of the molecule is CCC(C)C(N)C(=O)Nc1ccc(N2CCC(N(C)C)CC2)cn1. The molecule has 1 aliphatic rings. The molecule has 6 nitrogen and oxygen atoms in total. The minimum absolute atomic E-state index is 0.155. The van der Waals surface area contributed by atoms with Crippen molar-refractivity contribution >= 4 is 17.4 Å². The average Bonchev–Trinajstić information content (AvgIpc) is 2.61. The van der Waals surface area contributed by atoms with Gasteiger partial charge in [-0.3, -0.25) is 4.79 Å². The van der Waals surface area contributed by atoms with Crippen molar-refractivity contribution < 1.29 is 4.79 Å². The number of anilines is 2. The van der Waals surface area contributed by atoms with E-state index in [1.54, 1.807) is 0 Å². The molecule has 1 aromatic rings. The third-order valence-corrected chi connectivity index (χ3v) is 5.12. The molecule has 134 valence electrons. The summed E-state index contributed by atoms with van der Waals surface area (Å²) in [5, 5.41) is 2.81. The van der Waals surface area contributed by atoms with Gasteiger partial charge < -0.3 is 20.9 Å². The highest BCUT2D eigenvalue weighted by molar-refractivity contribution is 5.94. The lowest BCUT2D eigenvalue weighted by molar-refractivity contribution is -0.118. The molecule has 1 aromatic heterocycles. The molecule has 0 aliphatic carbocycles. The Bertz CT molecular complexity index is 523. The van der Waals surface area contributed by atoms with Gasteiger partial charge in [-0.05, 0) is 45.0 Å². The van der Waals surface area contributed by atoms with Crippen LogP contribution in [0.25, 0.3) is 0 Å². The van der Waals surface area contributed by atoms with Gasteiger partial charge in [0.15, 0.2) is 0 Å². The van der Waals surface area contributed by atoms with Crippen LogP contribution in [-0.2, 0) is 4.79 Å². The smallest absolute Gasteiger partial charge is 0.242 e. The van der Waals surface area contributed by atoms with Gasteiger partial charge in [0.1, 0.15) is 5.82 Å². The van der Waals surface area contributed by atoms with E-state index in [-0.39, 0.29) is 11.8 Å². The maximum Gasteiger partial charge on any atom is 0.242 e. The molecule has 0 spiro atoms. The lowest BCUT2D eigenvalue weighted by atomic mass is 9.99. The van der Waals surface area contributed by atoms with Crippen molar-refractivity contribution in [3.05, 3.63) is 18.3 Å². The van der Waals surface area contributed by atoms with Gasteiger partial charge in [0.05, 0.1) is 17.9 Å². The van der Waals surface area contributed by atoms with Crippen molar-refractivity contribution in [2.75, 3.05) is 37.4 Å². The zero-order chi connectivity index (χ0) is 17.7. The molecule has 0 saturated carbocycles. The molecular weight excluding hydrogens is 302 g/mol. The van der Waals surface area contributed by atoms with E-state index in [1.807, 2.05) is 32.2 Å². The molecule has 3 N–H and O–H groups in total. The molecule has 2 heterocycles. The van der Waals surface area contributed by atoms with Crippen molar-refractivity contribution in [2.24, 2.45) is 11.7 Å². The number of amides is 1. The van der Waals surface area contributed by atoms with Crippen LogP contribution in [0.5, 0.6) is 0 Å². The summed E-state index contributed by atoms with van der Waals surface area (Å²) in [6.45, 7) is 6.09. The highest BCUT2D eigenvalue weighted by atomic mass is 16.2. The molecule has 2 unspecified atom stereocenters. The molecular formula is C18H31N5O. The Morgan fingerprint density at radius 1 is 1.42 bits per heavy atom. The predicted octanol–water partition coefficient (Wildman–Crippen LogP) is 1.92. The van der Waals surface area contributed by atoms with E-state index in [4.69, 9.17) is 5.73 Å². The number of nitrogens with two attached hydrogens (primary N) is 1. The van der Waals surface area contributed by atoms with E-state index in [0.29, 0.717) is 11.9 Å². The van der Waals surface area contributed by atoms with Crippen molar-refractivity contribution in [3.8, 4) is 0 Å². The van der Waals surface area contributed by atoms with Crippen LogP contribution in [0.2, 0.25) is 0 Å². The number of piperidine rings is 1. The normalized spacial score (nSPS) is 18.5. The number of nitrogens with one attached hydrogen (secondary N) is 1. The zero-order valence-electron chi connectivity index (χ0n) is 15.3. The first-order chi connectivity index (χ1) is 11.4. The van der Waals surface area contributed by atoms with Crippen molar-refractivity contribution in [1.29, 1.82) is 0 Å². The third-order valence-electron chi connectivity index (χ3n) is 5.12. The first kappa shape index (κ1) is 18.7. The molecule has 0 bridgehead atoms. The lowest BCUT2D eigenvalue weighted by Crippen LogP contribution is -2.42. The van der Waals surface area contributed by atoms with E-state index < -0.39 is 6.04 Å². The van der Waals surface area contributed by atoms with Gasteiger partial charge in [0.25, 0.3) is 0 Å². The van der Waals surface area contributed by atoms with Crippen LogP contribution in [0.15, 0.2) is 18.3 Å². The second-order valence-electron chi connectivity index (χ2n) is 6.98. The minimum atomic E-state index is -0.499. The molecule has 24 heavy (non-hydrogen) atoms. The Morgan fingerprint density at radius 2 is 2.08 bits per heavy atom. The van der Waals surface area contributed by atoms with Crippen LogP contribution in [0.4, 0.5) is 11.5 Å². The average molecular weight is 333 g/mol. The standard InChI is InChI=1S/C18H31N5O/c1-5-13(2)17(19)18(24)21-16-7-6-15(12-20-16)23-10-8-14(9-11-23)22(3)4/h6-7,12-14,17H,5,8-11,19H2,1-4H3,(H,20,21,24). The van der Waals surface area contributed by atoms with Gasteiger partial charge in [-0.15, -0.1) is 0 Å². The Labute approximate surface area is 145 Å². The third kappa shape index (κ3) is 4.68. The van der Waals surface area contributed by atoms with Crippen LogP contribution in [0.1, 0.15) is 33.1 Å². The van der Waals surface area contributed by atoms with E-state index in [1.165, 1.54) is 0 Å². The fourth-order valence-electron chi connectivity index (χ4n) is 3.01. The van der Waals surface area contributed by atoms with E-state index in [0.717, 1.165) is 38.0 Å². The highest BCUT2D eigenvalue weighted by Gasteiger charge is 2.22. The quantitative estimate of drug-likeness (QED) is 0.832. The number of hydrogen-bond acceptors (Lipinski definition) is 5. The number of aromatic nitrogens is 1. The Hall–Kier alpha value is -1.66.